The highest BCUT2D eigenvalue weighted by atomic mass is 127. The maximum absolute atomic E-state index is 10.3. The number of carboxylic acids is 1. The first-order valence-electron chi connectivity index (χ1n) is 5.32. The predicted molar refractivity (Wildman–Crippen MR) is 72.2 cm³/mol. The first-order valence-corrected chi connectivity index (χ1v) is 6.40. The Kier molecular flexibility index (Phi) is 5.76. The third kappa shape index (κ3) is 4.94. The van der Waals surface area contributed by atoms with Crippen LogP contribution in [0.25, 0.3) is 0 Å². The van der Waals surface area contributed by atoms with Gasteiger partial charge in [0.2, 0.25) is 0 Å². The minimum absolute atomic E-state index is 0.0193. The molecule has 0 spiro atoms. The molecule has 88 valence electrons. The summed E-state index contributed by atoms with van der Waals surface area (Å²) in [5, 5.41) is 8.49. The Morgan fingerprint density at radius 3 is 2.50 bits per heavy atom. The van der Waals surface area contributed by atoms with Crippen LogP contribution >= 0.6 is 22.6 Å². The first-order chi connectivity index (χ1) is 7.59. The number of halogens is 1. The van der Waals surface area contributed by atoms with E-state index >= 15 is 0 Å². The van der Waals surface area contributed by atoms with Crippen molar-refractivity contribution in [2.24, 2.45) is 5.73 Å². The Labute approximate surface area is 109 Å². The van der Waals surface area contributed by atoms with Gasteiger partial charge in [0, 0.05) is 16.0 Å². The van der Waals surface area contributed by atoms with Gasteiger partial charge in [-0.1, -0.05) is 18.6 Å². The number of benzene rings is 1. The van der Waals surface area contributed by atoms with Crippen LogP contribution in [0.3, 0.4) is 0 Å². The normalized spacial score (nSPS) is 12.4. The number of unbranched alkanes of at least 4 members (excludes halogenated alkanes) is 1. The molecular formula is C12H16INO2. The van der Waals surface area contributed by atoms with Crippen LogP contribution in [0.4, 0.5) is 0 Å². The van der Waals surface area contributed by atoms with E-state index in [-0.39, 0.29) is 12.5 Å². The lowest BCUT2D eigenvalue weighted by molar-refractivity contribution is -0.137. The Bertz CT molecular complexity index is 337. The minimum Gasteiger partial charge on any atom is -0.481 e. The van der Waals surface area contributed by atoms with E-state index in [0.29, 0.717) is 6.42 Å². The summed E-state index contributed by atoms with van der Waals surface area (Å²) in [5.74, 6) is -0.733. The number of carboxylic acid groups (broad SMARTS) is 1. The van der Waals surface area contributed by atoms with E-state index in [2.05, 4.69) is 22.6 Å². The molecule has 1 aromatic rings. The minimum atomic E-state index is -0.733. The van der Waals surface area contributed by atoms with E-state index in [4.69, 9.17) is 10.8 Å². The molecule has 1 atom stereocenters. The summed E-state index contributed by atoms with van der Waals surface area (Å²) in [6.45, 7) is 0. The Morgan fingerprint density at radius 2 is 1.94 bits per heavy atom. The van der Waals surface area contributed by atoms with E-state index in [1.807, 2.05) is 24.3 Å². The lowest BCUT2D eigenvalue weighted by atomic mass is 10.0. The predicted octanol–water partition coefficient (Wildman–Crippen LogP) is 2.94. The van der Waals surface area contributed by atoms with Crippen molar-refractivity contribution >= 4 is 28.6 Å². The zero-order chi connectivity index (χ0) is 12.0. The SMILES string of the molecule is NC(CCCCC(=O)O)c1ccc(I)cc1. The Morgan fingerprint density at radius 1 is 1.31 bits per heavy atom. The van der Waals surface area contributed by atoms with Gasteiger partial charge in [-0.2, -0.15) is 0 Å². The molecule has 0 saturated heterocycles. The Hall–Kier alpha value is -0.620. The van der Waals surface area contributed by atoms with Gasteiger partial charge < -0.3 is 10.8 Å². The van der Waals surface area contributed by atoms with Crippen LogP contribution in [-0.2, 0) is 4.79 Å². The van der Waals surface area contributed by atoms with Crippen LogP contribution in [-0.4, -0.2) is 11.1 Å². The number of carbonyl (C=O) groups is 1. The fourth-order valence-electron chi connectivity index (χ4n) is 1.52. The average Bonchev–Trinajstić information content (AvgIpc) is 2.25. The fraction of sp³-hybridized carbons (Fsp3) is 0.417. The van der Waals surface area contributed by atoms with Gasteiger partial charge in [0.05, 0.1) is 0 Å². The van der Waals surface area contributed by atoms with Gasteiger partial charge >= 0.3 is 5.97 Å². The van der Waals surface area contributed by atoms with Gasteiger partial charge in [-0.3, -0.25) is 4.79 Å². The standard InChI is InChI=1S/C12H16INO2/c13-10-7-5-9(6-8-10)11(14)3-1-2-4-12(15)16/h5-8,11H,1-4,14H2,(H,15,16). The molecule has 0 aliphatic rings. The van der Waals surface area contributed by atoms with E-state index in [1.165, 1.54) is 3.57 Å². The molecule has 0 aliphatic heterocycles. The van der Waals surface area contributed by atoms with Gasteiger partial charge in [-0.05, 0) is 53.1 Å². The lowest BCUT2D eigenvalue weighted by Gasteiger charge is -2.11. The van der Waals surface area contributed by atoms with Crippen molar-refractivity contribution in [3.05, 3.63) is 33.4 Å². The zero-order valence-corrected chi connectivity index (χ0v) is 11.2. The largest absolute Gasteiger partial charge is 0.481 e. The van der Waals surface area contributed by atoms with Gasteiger partial charge in [0.25, 0.3) is 0 Å². The number of rotatable bonds is 6. The van der Waals surface area contributed by atoms with E-state index in [1.54, 1.807) is 0 Å². The molecule has 0 radical (unpaired) electrons. The highest BCUT2D eigenvalue weighted by molar-refractivity contribution is 14.1. The third-order valence-corrected chi connectivity index (χ3v) is 3.17. The lowest BCUT2D eigenvalue weighted by Crippen LogP contribution is -2.10. The molecule has 0 saturated carbocycles. The van der Waals surface area contributed by atoms with Crippen LogP contribution in [0.1, 0.15) is 37.3 Å². The van der Waals surface area contributed by atoms with Gasteiger partial charge in [0.15, 0.2) is 0 Å². The molecule has 0 aromatic heterocycles. The smallest absolute Gasteiger partial charge is 0.303 e. The van der Waals surface area contributed by atoms with Crippen molar-refractivity contribution in [2.75, 3.05) is 0 Å². The first kappa shape index (κ1) is 13.4. The van der Waals surface area contributed by atoms with Crippen molar-refractivity contribution in [3.8, 4) is 0 Å². The van der Waals surface area contributed by atoms with Gasteiger partial charge in [-0.15, -0.1) is 0 Å². The van der Waals surface area contributed by atoms with E-state index < -0.39 is 5.97 Å². The summed E-state index contributed by atoms with van der Waals surface area (Å²) in [5.41, 5.74) is 7.13. The quantitative estimate of drug-likeness (QED) is 0.621. The highest BCUT2D eigenvalue weighted by Gasteiger charge is 2.06. The van der Waals surface area contributed by atoms with Crippen molar-refractivity contribution < 1.29 is 9.90 Å². The summed E-state index contributed by atoms with van der Waals surface area (Å²) >= 11 is 2.26. The summed E-state index contributed by atoms with van der Waals surface area (Å²) in [4.78, 5) is 10.3. The topological polar surface area (TPSA) is 63.3 Å². The van der Waals surface area contributed by atoms with Gasteiger partial charge in [0.1, 0.15) is 0 Å². The third-order valence-electron chi connectivity index (χ3n) is 2.45. The maximum atomic E-state index is 10.3. The van der Waals surface area contributed by atoms with Crippen LogP contribution in [0.2, 0.25) is 0 Å². The summed E-state index contributed by atoms with van der Waals surface area (Å²) in [6, 6.07) is 8.15. The number of hydrogen-bond donors (Lipinski definition) is 2. The Balaban J connectivity index is 2.32. The summed E-state index contributed by atoms with van der Waals surface area (Å²) in [7, 11) is 0. The second-order valence-corrected chi connectivity index (χ2v) is 5.04. The van der Waals surface area contributed by atoms with Gasteiger partial charge in [-0.25, -0.2) is 0 Å². The maximum Gasteiger partial charge on any atom is 0.303 e. The molecule has 16 heavy (non-hydrogen) atoms. The summed E-state index contributed by atoms with van der Waals surface area (Å²) in [6.07, 6.45) is 2.64. The second-order valence-electron chi connectivity index (χ2n) is 3.80. The number of aliphatic carboxylic acids is 1. The average molecular weight is 333 g/mol. The molecule has 0 aliphatic carbocycles. The van der Waals surface area contributed by atoms with E-state index in [0.717, 1.165) is 18.4 Å². The number of nitrogens with two attached hydrogens (primary N) is 1. The van der Waals surface area contributed by atoms with Crippen LogP contribution in [0, 0.1) is 3.57 Å². The monoisotopic (exact) mass is 333 g/mol. The molecule has 1 rings (SSSR count). The highest BCUT2D eigenvalue weighted by Crippen LogP contribution is 2.18. The molecule has 3 N–H and O–H groups in total. The molecule has 4 heteroatoms. The van der Waals surface area contributed by atoms with Crippen molar-refractivity contribution in [1.82, 2.24) is 0 Å². The van der Waals surface area contributed by atoms with Crippen molar-refractivity contribution in [3.63, 3.8) is 0 Å². The molecule has 1 aromatic carbocycles. The second kappa shape index (κ2) is 6.85. The van der Waals surface area contributed by atoms with Crippen LogP contribution in [0.15, 0.2) is 24.3 Å². The molecule has 3 nitrogen and oxygen atoms in total. The number of hydrogen-bond acceptors (Lipinski definition) is 2. The zero-order valence-electron chi connectivity index (χ0n) is 9.03. The summed E-state index contributed by atoms with van der Waals surface area (Å²) < 4.78 is 1.19. The molecule has 0 bridgehead atoms. The van der Waals surface area contributed by atoms with Crippen molar-refractivity contribution in [1.29, 1.82) is 0 Å². The molecule has 0 amide bonds. The molecule has 0 fully saturated rings. The van der Waals surface area contributed by atoms with E-state index in [9.17, 15) is 4.79 Å². The van der Waals surface area contributed by atoms with Crippen LogP contribution < -0.4 is 5.73 Å². The molecule has 0 heterocycles. The van der Waals surface area contributed by atoms with Crippen LogP contribution in [0.5, 0.6) is 0 Å². The molecule has 1 unspecified atom stereocenters. The van der Waals surface area contributed by atoms with Crippen molar-refractivity contribution in [2.45, 2.75) is 31.7 Å². The molecular weight excluding hydrogens is 317 g/mol. The fourth-order valence-corrected chi connectivity index (χ4v) is 1.88.